The van der Waals surface area contributed by atoms with Crippen molar-refractivity contribution in [2.24, 2.45) is 11.7 Å². The molecule has 4 atom stereocenters. The maximum Gasteiger partial charge on any atom is 0.351 e. The lowest BCUT2D eigenvalue weighted by molar-refractivity contribution is -0.128. The van der Waals surface area contributed by atoms with Crippen molar-refractivity contribution in [2.45, 2.75) is 24.9 Å². The van der Waals surface area contributed by atoms with Crippen molar-refractivity contribution in [3.63, 3.8) is 0 Å². The average molecular weight is 284 g/mol. The van der Waals surface area contributed by atoms with Gasteiger partial charge in [-0.3, -0.25) is 9.36 Å². The molecule has 6 N–H and O–H groups in total. The van der Waals surface area contributed by atoms with E-state index in [4.69, 9.17) is 16.2 Å². The number of carbonyl (C=O) groups is 1. The summed E-state index contributed by atoms with van der Waals surface area (Å²) < 4.78 is 6.48. The molecule has 2 rings (SSSR count). The summed E-state index contributed by atoms with van der Waals surface area (Å²) in [5, 5.41) is 19.4. The second-order valence-corrected chi connectivity index (χ2v) is 4.89. The molecule has 0 spiro atoms. The van der Waals surface area contributed by atoms with E-state index in [1.165, 1.54) is 19.2 Å². The minimum atomic E-state index is -1.40. The lowest BCUT2D eigenvalue weighted by Crippen LogP contribution is -2.45. The Morgan fingerprint density at radius 3 is 2.80 bits per heavy atom. The highest BCUT2D eigenvalue weighted by Gasteiger charge is 2.54. The number of hydrogen-bond acceptors (Lipinski definition) is 7. The number of aliphatic hydroxyl groups is 2. The average Bonchev–Trinajstić information content (AvgIpc) is 2.63. The molecule has 0 aliphatic carbocycles. The van der Waals surface area contributed by atoms with E-state index in [-0.39, 0.29) is 5.82 Å². The van der Waals surface area contributed by atoms with E-state index < -0.39 is 42.1 Å². The molecular formula is C11H16N4O5. The fourth-order valence-electron chi connectivity index (χ4n) is 2.23. The summed E-state index contributed by atoms with van der Waals surface area (Å²) in [4.78, 5) is 26.8. The number of ether oxygens (including phenoxy) is 1. The zero-order valence-electron chi connectivity index (χ0n) is 10.8. The van der Waals surface area contributed by atoms with Crippen LogP contribution in [0.2, 0.25) is 0 Å². The van der Waals surface area contributed by atoms with Crippen LogP contribution in [0.4, 0.5) is 5.82 Å². The van der Waals surface area contributed by atoms with Crippen molar-refractivity contribution in [1.29, 1.82) is 0 Å². The number of aliphatic hydroxyl groups excluding tert-OH is 2. The molecule has 1 aliphatic rings. The predicted octanol–water partition coefficient (Wildman–Crippen LogP) is -2.43. The first-order valence-electron chi connectivity index (χ1n) is 5.91. The van der Waals surface area contributed by atoms with E-state index in [0.717, 1.165) is 4.57 Å². The Kier molecular flexibility index (Phi) is 3.50. The molecule has 0 radical (unpaired) electrons. The van der Waals surface area contributed by atoms with Crippen LogP contribution >= 0.6 is 0 Å². The molecule has 1 amide bonds. The van der Waals surface area contributed by atoms with Gasteiger partial charge in [-0.2, -0.15) is 4.98 Å². The Labute approximate surface area is 113 Å². The van der Waals surface area contributed by atoms with Crippen LogP contribution in [0.1, 0.15) is 13.2 Å². The van der Waals surface area contributed by atoms with Crippen molar-refractivity contribution in [2.75, 3.05) is 12.3 Å². The molecule has 2 heterocycles. The molecule has 110 valence electrons. The number of hydrogen-bond donors (Lipinski definition) is 4. The highest BCUT2D eigenvalue weighted by atomic mass is 16.6. The predicted molar refractivity (Wildman–Crippen MR) is 67.2 cm³/mol. The van der Waals surface area contributed by atoms with Gasteiger partial charge in [-0.15, -0.1) is 0 Å². The number of anilines is 1. The molecule has 0 bridgehead atoms. The van der Waals surface area contributed by atoms with Gasteiger partial charge in [0.1, 0.15) is 23.4 Å². The van der Waals surface area contributed by atoms with Crippen molar-refractivity contribution in [3.05, 3.63) is 22.7 Å². The van der Waals surface area contributed by atoms with Crippen LogP contribution in [-0.4, -0.2) is 44.0 Å². The van der Waals surface area contributed by atoms with Crippen LogP contribution in [0.5, 0.6) is 0 Å². The van der Waals surface area contributed by atoms with E-state index >= 15 is 0 Å². The summed E-state index contributed by atoms with van der Waals surface area (Å²) in [5.41, 5.74) is 8.49. The van der Waals surface area contributed by atoms with Gasteiger partial charge in [0, 0.05) is 6.20 Å². The largest absolute Gasteiger partial charge is 0.393 e. The van der Waals surface area contributed by atoms with E-state index in [1.54, 1.807) is 0 Å². The summed E-state index contributed by atoms with van der Waals surface area (Å²) in [6.07, 6.45) is -1.21. The Hall–Kier alpha value is -1.97. The smallest absolute Gasteiger partial charge is 0.351 e. The van der Waals surface area contributed by atoms with E-state index in [0.29, 0.717) is 0 Å². The maximum absolute atomic E-state index is 11.8. The van der Waals surface area contributed by atoms with Gasteiger partial charge >= 0.3 is 5.69 Å². The fourth-order valence-corrected chi connectivity index (χ4v) is 2.23. The molecule has 9 nitrogen and oxygen atoms in total. The first-order valence-corrected chi connectivity index (χ1v) is 5.91. The topological polar surface area (TPSA) is 154 Å². The molecule has 20 heavy (non-hydrogen) atoms. The lowest BCUT2D eigenvalue weighted by Gasteiger charge is -2.24. The van der Waals surface area contributed by atoms with Gasteiger partial charge in [-0.1, -0.05) is 0 Å². The van der Waals surface area contributed by atoms with Crippen LogP contribution in [0, 0.1) is 5.92 Å². The molecule has 1 aromatic rings. The fraction of sp³-hybridized carbons (Fsp3) is 0.545. The molecule has 1 saturated heterocycles. The van der Waals surface area contributed by atoms with Crippen LogP contribution < -0.4 is 17.2 Å². The summed E-state index contributed by atoms with van der Waals surface area (Å²) in [6.45, 7) is 0.884. The number of nitrogens with zero attached hydrogens (tertiary/aromatic N) is 2. The van der Waals surface area contributed by atoms with E-state index in [1.807, 2.05) is 0 Å². The normalized spacial score (nSPS) is 33.2. The zero-order valence-corrected chi connectivity index (χ0v) is 10.8. The van der Waals surface area contributed by atoms with Gasteiger partial charge in [0.2, 0.25) is 5.91 Å². The highest BCUT2D eigenvalue weighted by Crippen LogP contribution is 2.40. The number of nitrogens with two attached hydrogens (primary N) is 2. The van der Waals surface area contributed by atoms with Gasteiger partial charge in [0.15, 0.2) is 6.23 Å². The van der Waals surface area contributed by atoms with E-state index in [2.05, 4.69) is 4.98 Å². The Morgan fingerprint density at radius 2 is 2.30 bits per heavy atom. The first-order chi connectivity index (χ1) is 9.30. The molecule has 1 aromatic heterocycles. The monoisotopic (exact) mass is 284 g/mol. The molecule has 0 saturated carbocycles. The first kappa shape index (κ1) is 14.4. The number of carbonyl (C=O) groups excluding carboxylic acids is 1. The Balaban J connectivity index is 2.49. The van der Waals surface area contributed by atoms with E-state index in [9.17, 15) is 19.8 Å². The second-order valence-electron chi connectivity index (χ2n) is 4.89. The van der Waals surface area contributed by atoms with Gasteiger partial charge < -0.3 is 26.4 Å². The van der Waals surface area contributed by atoms with Gasteiger partial charge in [0.25, 0.3) is 0 Å². The van der Waals surface area contributed by atoms with Crippen LogP contribution in [-0.2, 0) is 9.53 Å². The summed E-state index contributed by atoms with van der Waals surface area (Å²) >= 11 is 0. The number of aromatic nitrogens is 2. The van der Waals surface area contributed by atoms with Gasteiger partial charge in [-0.25, -0.2) is 4.79 Å². The Bertz CT molecular complexity index is 588. The Morgan fingerprint density at radius 1 is 1.65 bits per heavy atom. The lowest BCUT2D eigenvalue weighted by atomic mass is 9.91. The van der Waals surface area contributed by atoms with Crippen LogP contribution in [0.25, 0.3) is 0 Å². The van der Waals surface area contributed by atoms with Gasteiger partial charge in [0.05, 0.1) is 6.61 Å². The summed E-state index contributed by atoms with van der Waals surface area (Å²) in [6, 6.07) is 1.35. The highest BCUT2D eigenvalue weighted by molar-refractivity contribution is 5.78. The third-order valence-corrected chi connectivity index (χ3v) is 3.43. The summed E-state index contributed by atoms with van der Waals surface area (Å²) in [7, 11) is 0. The van der Waals surface area contributed by atoms with Crippen molar-refractivity contribution in [3.8, 4) is 0 Å². The number of amides is 1. The molecule has 9 heteroatoms. The second kappa shape index (κ2) is 4.85. The third kappa shape index (κ3) is 2.15. The molecule has 1 aliphatic heterocycles. The summed E-state index contributed by atoms with van der Waals surface area (Å²) in [5.74, 6) is -2.01. The van der Waals surface area contributed by atoms with Crippen molar-refractivity contribution in [1.82, 2.24) is 9.55 Å². The maximum atomic E-state index is 11.8. The third-order valence-electron chi connectivity index (χ3n) is 3.43. The number of primary amides is 1. The van der Waals surface area contributed by atoms with Crippen molar-refractivity contribution < 1.29 is 19.7 Å². The number of nitrogen functional groups attached to an aromatic ring is 1. The zero-order chi connectivity index (χ0) is 15.1. The van der Waals surface area contributed by atoms with Crippen LogP contribution in [0.15, 0.2) is 17.1 Å². The minimum Gasteiger partial charge on any atom is -0.393 e. The SMILES string of the molecule is C[C@]1(CO)O[C@@H](n2ccc(N)nc2=O)[C@@H](C(N)=O)[C@@H]1O. The molecule has 0 aromatic carbocycles. The molecule has 0 unspecified atom stereocenters. The quantitative estimate of drug-likeness (QED) is 0.481. The molecular weight excluding hydrogens is 268 g/mol. The van der Waals surface area contributed by atoms with Crippen LogP contribution in [0.3, 0.4) is 0 Å². The van der Waals surface area contributed by atoms with Crippen molar-refractivity contribution >= 4 is 11.7 Å². The standard InChI is InChI=1S/C11H16N4O5/c1-11(4-16)7(17)6(8(13)18)9(20-11)15-3-2-5(12)14-10(15)19/h2-3,6-7,9,16-17H,4H2,1H3,(H2,13,18)(H2,12,14,19)/t6-,7+,9-,11-/m1/s1. The minimum absolute atomic E-state index is 0.0188. The number of rotatable bonds is 3. The molecule has 1 fully saturated rings. The van der Waals surface area contributed by atoms with Gasteiger partial charge in [-0.05, 0) is 13.0 Å².